The number of halogens is 1. The van der Waals surface area contributed by atoms with Gasteiger partial charge in [-0.2, -0.15) is 5.10 Å². The summed E-state index contributed by atoms with van der Waals surface area (Å²) in [6.45, 7) is 0. The Morgan fingerprint density at radius 3 is 2.45 bits per heavy atom. The predicted molar refractivity (Wildman–Crippen MR) is 47.8 cm³/mol. The number of nitrogens with zero attached hydrogens (tertiary/aromatic N) is 1. The molecule has 0 atom stereocenters. The monoisotopic (exact) mass is 168 g/mol. The molecule has 58 valence electrons. The van der Waals surface area contributed by atoms with Gasteiger partial charge in [0, 0.05) is 5.88 Å². The zero-order valence-electron chi connectivity index (χ0n) is 6.00. The van der Waals surface area contributed by atoms with Crippen molar-refractivity contribution in [3.05, 3.63) is 35.4 Å². The molecule has 0 heterocycles. The Kier molecular flexibility index (Phi) is 2.93. The molecule has 0 aliphatic rings. The minimum atomic E-state index is 0.542. The van der Waals surface area contributed by atoms with Gasteiger partial charge in [-0.1, -0.05) is 24.3 Å². The van der Waals surface area contributed by atoms with Crippen LogP contribution in [0.3, 0.4) is 0 Å². The zero-order valence-corrected chi connectivity index (χ0v) is 6.75. The maximum absolute atomic E-state index is 5.60. The third-order valence-electron chi connectivity index (χ3n) is 1.36. The van der Waals surface area contributed by atoms with Gasteiger partial charge in [0.1, 0.15) is 0 Å². The summed E-state index contributed by atoms with van der Waals surface area (Å²) < 4.78 is 0. The highest BCUT2D eigenvalue weighted by Gasteiger charge is 1.89. The molecule has 0 aromatic heterocycles. The number of hydrogen-bond donors (Lipinski definition) is 1. The van der Waals surface area contributed by atoms with E-state index in [0.29, 0.717) is 5.88 Å². The maximum Gasteiger partial charge on any atom is 0.0538 e. The summed E-state index contributed by atoms with van der Waals surface area (Å²) >= 11 is 5.60. The molecular formula is C8H9ClN2. The van der Waals surface area contributed by atoms with Crippen molar-refractivity contribution >= 4 is 17.8 Å². The first-order valence-corrected chi connectivity index (χ1v) is 3.78. The number of alkyl halides is 1. The molecule has 2 nitrogen and oxygen atoms in total. The highest BCUT2D eigenvalue weighted by atomic mass is 35.5. The largest absolute Gasteiger partial charge is 0.323 e. The first kappa shape index (κ1) is 8.08. The van der Waals surface area contributed by atoms with Crippen LogP contribution in [0.5, 0.6) is 0 Å². The topological polar surface area (TPSA) is 38.4 Å². The van der Waals surface area contributed by atoms with Crippen LogP contribution in [0.25, 0.3) is 0 Å². The quantitative estimate of drug-likeness (QED) is 0.311. The molecule has 0 saturated heterocycles. The third kappa shape index (κ3) is 2.24. The Labute approximate surface area is 70.7 Å². The molecule has 0 aliphatic carbocycles. The molecule has 0 spiro atoms. The summed E-state index contributed by atoms with van der Waals surface area (Å²) in [4.78, 5) is 0. The lowest BCUT2D eigenvalue weighted by Crippen LogP contribution is -1.86. The van der Waals surface area contributed by atoms with Crippen LogP contribution >= 0.6 is 11.6 Å². The van der Waals surface area contributed by atoms with Crippen molar-refractivity contribution in [2.24, 2.45) is 10.9 Å². The number of rotatable bonds is 2. The Bertz CT molecular complexity index is 241. The lowest BCUT2D eigenvalue weighted by atomic mass is 10.2. The van der Waals surface area contributed by atoms with Crippen LogP contribution in [0.4, 0.5) is 0 Å². The lowest BCUT2D eigenvalue weighted by molar-refractivity contribution is 1.26. The average molecular weight is 169 g/mol. The Morgan fingerprint density at radius 2 is 2.00 bits per heavy atom. The summed E-state index contributed by atoms with van der Waals surface area (Å²) in [6, 6.07) is 7.75. The van der Waals surface area contributed by atoms with E-state index in [2.05, 4.69) is 5.10 Å². The molecule has 0 aliphatic heterocycles. The van der Waals surface area contributed by atoms with E-state index in [9.17, 15) is 0 Å². The average Bonchev–Trinajstić information content (AvgIpc) is 2.07. The fraction of sp³-hybridized carbons (Fsp3) is 0.125. The minimum absolute atomic E-state index is 0.542. The highest BCUT2D eigenvalue weighted by molar-refractivity contribution is 6.17. The van der Waals surface area contributed by atoms with Gasteiger partial charge in [-0.3, -0.25) is 0 Å². The van der Waals surface area contributed by atoms with Crippen LogP contribution in [-0.4, -0.2) is 6.21 Å². The molecule has 1 aromatic rings. The summed E-state index contributed by atoms with van der Waals surface area (Å²) in [6.07, 6.45) is 1.60. The molecule has 3 heteroatoms. The second-order valence-electron chi connectivity index (χ2n) is 2.15. The van der Waals surface area contributed by atoms with Crippen LogP contribution in [0.1, 0.15) is 11.1 Å². The van der Waals surface area contributed by atoms with E-state index in [0.717, 1.165) is 11.1 Å². The summed E-state index contributed by atoms with van der Waals surface area (Å²) in [5.74, 6) is 5.52. The van der Waals surface area contributed by atoms with Crippen LogP contribution in [0.2, 0.25) is 0 Å². The molecule has 0 unspecified atom stereocenters. The molecule has 0 amide bonds. The Hall–Kier alpha value is -1.02. The van der Waals surface area contributed by atoms with Crippen molar-refractivity contribution < 1.29 is 0 Å². The van der Waals surface area contributed by atoms with Crippen molar-refractivity contribution in [1.82, 2.24) is 0 Å². The van der Waals surface area contributed by atoms with Gasteiger partial charge in [0.25, 0.3) is 0 Å². The first-order chi connectivity index (χ1) is 5.36. The molecule has 0 bridgehead atoms. The van der Waals surface area contributed by atoms with Gasteiger partial charge in [0.2, 0.25) is 0 Å². The second-order valence-corrected chi connectivity index (χ2v) is 2.42. The Morgan fingerprint density at radius 1 is 1.36 bits per heavy atom. The van der Waals surface area contributed by atoms with Crippen molar-refractivity contribution in [2.45, 2.75) is 5.88 Å². The van der Waals surface area contributed by atoms with Crippen molar-refractivity contribution in [1.29, 1.82) is 0 Å². The zero-order chi connectivity index (χ0) is 8.10. The lowest BCUT2D eigenvalue weighted by Gasteiger charge is -1.94. The van der Waals surface area contributed by atoms with Crippen molar-refractivity contribution in [3.8, 4) is 0 Å². The van der Waals surface area contributed by atoms with Gasteiger partial charge in [-0.15, -0.1) is 11.6 Å². The van der Waals surface area contributed by atoms with Crippen LogP contribution in [0, 0.1) is 0 Å². The molecule has 0 radical (unpaired) electrons. The normalized spacial score (nSPS) is 10.6. The maximum atomic E-state index is 5.60. The predicted octanol–water partition coefficient (Wildman–Crippen LogP) is 1.72. The van der Waals surface area contributed by atoms with Gasteiger partial charge in [-0.25, -0.2) is 0 Å². The minimum Gasteiger partial charge on any atom is -0.323 e. The standard InChI is InChI=1S/C8H9ClN2/c9-5-7-1-3-8(4-2-7)6-11-10/h1-4,6H,5,10H2. The van der Waals surface area contributed by atoms with E-state index in [1.54, 1.807) is 6.21 Å². The van der Waals surface area contributed by atoms with Gasteiger partial charge < -0.3 is 5.84 Å². The highest BCUT2D eigenvalue weighted by Crippen LogP contribution is 2.04. The molecule has 2 N–H and O–H groups in total. The third-order valence-corrected chi connectivity index (χ3v) is 1.67. The molecule has 0 saturated carbocycles. The van der Waals surface area contributed by atoms with E-state index in [-0.39, 0.29) is 0 Å². The fourth-order valence-electron chi connectivity index (χ4n) is 0.779. The molecular weight excluding hydrogens is 160 g/mol. The second kappa shape index (κ2) is 3.98. The number of nitrogens with two attached hydrogens (primary N) is 1. The summed E-state index contributed by atoms with van der Waals surface area (Å²) in [5, 5.41) is 3.40. The van der Waals surface area contributed by atoms with E-state index in [1.807, 2.05) is 24.3 Å². The van der Waals surface area contributed by atoms with Gasteiger partial charge in [0.15, 0.2) is 0 Å². The van der Waals surface area contributed by atoms with Crippen LogP contribution in [0.15, 0.2) is 29.4 Å². The van der Waals surface area contributed by atoms with Gasteiger partial charge in [0.05, 0.1) is 6.21 Å². The molecule has 1 aromatic carbocycles. The summed E-state index contributed by atoms with van der Waals surface area (Å²) in [5.41, 5.74) is 2.09. The fourth-order valence-corrected chi connectivity index (χ4v) is 0.957. The Balaban J connectivity index is 2.82. The van der Waals surface area contributed by atoms with Gasteiger partial charge >= 0.3 is 0 Å². The number of benzene rings is 1. The first-order valence-electron chi connectivity index (χ1n) is 3.25. The molecule has 0 fully saturated rings. The van der Waals surface area contributed by atoms with E-state index in [1.165, 1.54) is 0 Å². The van der Waals surface area contributed by atoms with E-state index < -0.39 is 0 Å². The van der Waals surface area contributed by atoms with Gasteiger partial charge in [-0.05, 0) is 11.1 Å². The van der Waals surface area contributed by atoms with Crippen LogP contribution < -0.4 is 5.84 Å². The molecule has 11 heavy (non-hydrogen) atoms. The van der Waals surface area contributed by atoms with Crippen molar-refractivity contribution in [3.63, 3.8) is 0 Å². The number of hydrazone groups is 1. The van der Waals surface area contributed by atoms with Crippen molar-refractivity contribution in [2.75, 3.05) is 0 Å². The van der Waals surface area contributed by atoms with E-state index >= 15 is 0 Å². The van der Waals surface area contributed by atoms with E-state index in [4.69, 9.17) is 17.4 Å². The SMILES string of the molecule is NN=Cc1ccc(CCl)cc1. The number of hydrogen-bond acceptors (Lipinski definition) is 2. The summed E-state index contributed by atoms with van der Waals surface area (Å²) in [7, 11) is 0. The van der Waals surface area contributed by atoms with Crippen LogP contribution in [-0.2, 0) is 5.88 Å². The smallest absolute Gasteiger partial charge is 0.0538 e. The molecule has 1 rings (SSSR count).